The van der Waals surface area contributed by atoms with Gasteiger partial charge in [0.05, 0.1) is 7.11 Å². The molecule has 0 aromatic rings. The molecule has 1 unspecified atom stereocenters. The van der Waals surface area contributed by atoms with Crippen molar-refractivity contribution in [2.24, 2.45) is 0 Å². The van der Waals surface area contributed by atoms with Gasteiger partial charge >= 0.3 is 6.09 Å². The van der Waals surface area contributed by atoms with Gasteiger partial charge in [0.1, 0.15) is 12.1 Å². The van der Waals surface area contributed by atoms with Crippen LogP contribution in [-0.2, 0) is 14.3 Å². The highest BCUT2D eigenvalue weighted by Gasteiger charge is 2.30. The molecule has 90 valence electrons. The number of hydrogen-bond acceptors (Lipinski definition) is 4. The molecule has 1 aliphatic rings. The Balaban J connectivity index is 2.54. The number of likely N-dealkylation sites (tertiary alicyclic amines) is 1. The molecule has 1 rings (SSSR count). The van der Waals surface area contributed by atoms with Crippen LogP contribution in [0.5, 0.6) is 0 Å². The number of ether oxygens (including phenoxy) is 1. The Bertz CT molecular complexity index is 277. The Kier molecular flexibility index (Phi) is 4.95. The molecular formula is C11H17NO4. The third-order valence-electron chi connectivity index (χ3n) is 2.80. The highest BCUT2D eigenvalue weighted by atomic mass is 16.5. The number of Topliss-reactive ketones (excluding diaryl/α,β-unsaturated/α-hetero) is 1. The van der Waals surface area contributed by atoms with Crippen LogP contribution in [0.2, 0.25) is 0 Å². The van der Waals surface area contributed by atoms with Gasteiger partial charge in [0.25, 0.3) is 0 Å². The highest BCUT2D eigenvalue weighted by Crippen LogP contribution is 2.19. The van der Waals surface area contributed by atoms with Crippen molar-refractivity contribution in [3.8, 4) is 0 Å². The molecule has 5 nitrogen and oxygen atoms in total. The summed E-state index contributed by atoms with van der Waals surface area (Å²) in [6.45, 7) is 0.428. The van der Waals surface area contributed by atoms with Gasteiger partial charge in [-0.1, -0.05) is 0 Å². The van der Waals surface area contributed by atoms with Crippen LogP contribution in [0.1, 0.15) is 32.1 Å². The lowest BCUT2D eigenvalue weighted by Gasteiger charge is -2.33. The average molecular weight is 227 g/mol. The number of nitrogens with zero attached hydrogens (tertiary/aromatic N) is 1. The third-order valence-corrected chi connectivity index (χ3v) is 2.80. The molecule has 0 bridgehead atoms. The second-order valence-corrected chi connectivity index (χ2v) is 3.91. The van der Waals surface area contributed by atoms with Gasteiger partial charge in [-0.25, -0.2) is 4.79 Å². The maximum Gasteiger partial charge on any atom is 0.409 e. The molecule has 1 heterocycles. The Labute approximate surface area is 94.7 Å². The molecule has 5 heteroatoms. The Hall–Kier alpha value is -1.39. The summed E-state index contributed by atoms with van der Waals surface area (Å²) >= 11 is 0. The van der Waals surface area contributed by atoms with Crippen molar-refractivity contribution in [1.82, 2.24) is 4.90 Å². The molecule has 0 aliphatic carbocycles. The number of rotatable bonds is 4. The molecule has 0 N–H and O–H groups in total. The van der Waals surface area contributed by atoms with E-state index in [2.05, 4.69) is 4.74 Å². The first-order valence-corrected chi connectivity index (χ1v) is 5.49. The van der Waals surface area contributed by atoms with Gasteiger partial charge in [-0.2, -0.15) is 0 Å². The van der Waals surface area contributed by atoms with Crippen molar-refractivity contribution in [2.45, 2.75) is 38.1 Å². The van der Waals surface area contributed by atoms with E-state index < -0.39 is 0 Å². The van der Waals surface area contributed by atoms with Gasteiger partial charge in [-0.15, -0.1) is 0 Å². The quantitative estimate of drug-likeness (QED) is 0.534. The Morgan fingerprint density at radius 3 is 3.00 bits per heavy atom. The van der Waals surface area contributed by atoms with Crippen LogP contribution >= 0.6 is 0 Å². The molecule has 1 amide bonds. The van der Waals surface area contributed by atoms with E-state index in [0.29, 0.717) is 38.6 Å². The number of hydrogen-bond donors (Lipinski definition) is 0. The van der Waals surface area contributed by atoms with E-state index in [9.17, 15) is 14.4 Å². The van der Waals surface area contributed by atoms with Crippen molar-refractivity contribution in [3.05, 3.63) is 0 Å². The zero-order chi connectivity index (χ0) is 12.0. The number of unbranched alkanes of at least 4 members (excludes halogenated alkanes) is 1. The number of methoxy groups -OCH3 is 1. The van der Waals surface area contributed by atoms with Gasteiger partial charge in [-0.3, -0.25) is 4.79 Å². The second-order valence-electron chi connectivity index (χ2n) is 3.91. The van der Waals surface area contributed by atoms with Crippen LogP contribution in [0.15, 0.2) is 0 Å². The normalized spacial score (nSPS) is 20.7. The summed E-state index contributed by atoms with van der Waals surface area (Å²) in [5, 5.41) is 0. The van der Waals surface area contributed by atoms with Gasteiger partial charge < -0.3 is 14.4 Å². The SMILES string of the molecule is COC(=O)N1CCC(=O)CC1CCCC=O. The van der Waals surface area contributed by atoms with Crippen LogP contribution in [0.25, 0.3) is 0 Å². The summed E-state index contributed by atoms with van der Waals surface area (Å²) in [7, 11) is 1.33. The van der Waals surface area contributed by atoms with E-state index in [0.717, 1.165) is 6.29 Å². The van der Waals surface area contributed by atoms with E-state index in [4.69, 9.17) is 0 Å². The van der Waals surface area contributed by atoms with Gasteiger partial charge in [0.2, 0.25) is 0 Å². The van der Waals surface area contributed by atoms with Crippen LogP contribution < -0.4 is 0 Å². The zero-order valence-electron chi connectivity index (χ0n) is 9.48. The van der Waals surface area contributed by atoms with Gasteiger partial charge in [-0.05, 0) is 12.8 Å². The molecule has 1 fully saturated rings. The van der Waals surface area contributed by atoms with Crippen LogP contribution in [0, 0.1) is 0 Å². The second kappa shape index (κ2) is 6.25. The number of aldehydes is 1. The Morgan fingerprint density at radius 1 is 1.62 bits per heavy atom. The van der Waals surface area contributed by atoms with E-state index >= 15 is 0 Å². The summed E-state index contributed by atoms with van der Waals surface area (Å²) in [6.07, 6.45) is 3.11. The molecule has 0 aromatic heterocycles. The maximum absolute atomic E-state index is 11.4. The van der Waals surface area contributed by atoms with Crippen molar-refractivity contribution >= 4 is 18.2 Å². The maximum atomic E-state index is 11.4. The smallest absolute Gasteiger partial charge is 0.409 e. The summed E-state index contributed by atoms with van der Waals surface area (Å²) in [4.78, 5) is 34.6. The first kappa shape index (κ1) is 12.7. The monoisotopic (exact) mass is 227 g/mol. The molecular weight excluding hydrogens is 210 g/mol. The summed E-state index contributed by atoms with van der Waals surface area (Å²) in [5.74, 6) is 0.177. The number of ketones is 1. The lowest BCUT2D eigenvalue weighted by atomic mass is 9.97. The topological polar surface area (TPSA) is 63.7 Å². The number of amides is 1. The molecule has 1 aliphatic heterocycles. The van der Waals surface area contributed by atoms with Crippen molar-refractivity contribution < 1.29 is 19.1 Å². The van der Waals surface area contributed by atoms with Crippen molar-refractivity contribution in [1.29, 1.82) is 0 Å². The van der Waals surface area contributed by atoms with Crippen LogP contribution in [0.4, 0.5) is 4.79 Å². The van der Waals surface area contributed by atoms with Crippen LogP contribution in [-0.4, -0.2) is 42.8 Å². The minimum absolute atomic E-state index is 0.103. The minimum Gasteiger partial charge on any atom is -0.453 e. The fourth-order valence-electron chi connectivity index (χ4n) is 1.96. The lowest BCUT2D eigenvalue weighted by molar-refractivity contribution is -0.122. The fourth-order valence-corrected chi connectivity index (χ4v) is 1.96. The molecule has 0 spiro atoms. The predicted molar refractivity (Wildman–Crippen MR) is 57.1 cm³/mol. The number of carbonyl (C=O) groups is 3. The van der Waals surface area contributed by atoms with E-state index in [1.165, 1.54) is 7.11 Å². The van der Waals surface area contributed by atoms with E-state index in [-0.39, 0.29) is 17.9 Å². The van der Waals surface area contributed by atoms with Crippen molar-refractivity contribution in [3.63, 3.8) is 0 Å². The summed E-state index contributed by atoms with van der Waals surface area (Å²) in [6, 6.07) is -0.103. The first-order valence-electron chi connectivity index (χ1n) is 5.49. The molecule has 0 saturated carbocycles. The molecule has 1 atom stereocenters. The Morgan fingerprint density at radius 2 is 2.38 bits per heavy atom. The van der Waals surface area contributed by atoms with E-state index in [1.54, 1.807) is 4.90 Å². The molecule has 16 heavy (non-hydrogen) atoms. The minimum atomic E-state index is -0.386. The van der Waals surface area contributed by atoms with Crippen molar-refractivity contribution in [2.75, 3.05) is 13.7 Å². The third kappa shape index (κ3) is 3.32. The standard InChI is InChI=1S/C11H17NO4/c1-16-11(15)12-6-5-10(14)8-9(12)4-2-3-7-13/h7,9H,2-6,8H2,1H3. The molecule has 1 saturated heterocycles. The largest absolute Gasteiger partial charge is 0.453 e. The first-order chi connectivity index (χ1) is 7.69. The highest BCUT2D eigenvalue weighted by molar-refractivity contribution is 5.82. The zero-order valence-corrected chi connectivity index (χ0v) is 9.48. The predicted octanol–water partition coefficient (Wildman–Crippen LogP) is 1.16. The summed E-state index contributed by atoms with van der Waals surface area (Å²) < 4.78 is 4.67. The fraction of sp³-hybridized carbons (Fsp3) is 0.727. The lowest BCUT2D eigenvalue weighted by Crippen LogP contribution is -2.46. The van der Waals surface area contributed by atoms with Crippen LogP contribution in [0.3, 0.4) is 0 Å². The average Bonchev–Trinajstić information content (AvgIpc) is 2.29. The number of piperidine rings is 1. The van der Waals surface area contributed by atoms with Gasteiger partial charge in [0, 0.05) is 31.8 Å². The summed E-state index contributed by atoms with van der Waals surface area (Å²) in [5.41, 5.74) is 0. The number of carbonyl (C=O) groups excluding carboxylic acids is 3. The van der Waals surface area contributed by atoms with Gasteiger partial charge in [0.15, 0.2) is 0 Å². The molecule has 0 radical (unpaired) electrons. The molecule has 0 aromatic carbocycles. The van der Waals surface area contributed by atoms with E-state index in [1.807, 2.05) is 0 Å².